The Labute approximate surface area is 93.8 Å². The minimum absolute atomic E-state index is 0.143. The fraction of sp³-hybridized carbons (Fsp3) is 0.417. The van der Waals surface area contributed by atoms with Crippen LogP contribution in [0, 0.1) is 5.82 Å². The van der Waals surface area contributed by atoms with Gasteiger partial charge in [0.15, 0.2) is 0 Å². The number of rotatable bonds is 1. The van der Waals surface area contributed by atoms with E-state index in [4.69, 9.17) is 4.74 Å². The topological polar surface area (TPSA) is 29.5 Å². The number of halogens is 1. The maximum absolute atomic E-state index is 13.4. The van der Waals surface area contributed by atoms with Crippen molar-refractivity contribution in [2.24, 2.45) is 0 Å². The number of amides is 1. The predicted octanol–water partition coefficient (Wildman–Crippen LogP) is 1.69. The fourth-order valence-electron chi connectivity index (χ4n) is 1.75. The van der Waals surface area contributed by atoms with Gasteiger partial charge in [-0.3, -0.25) is 4.79 Å². The van der Waals surface area contributed by atoms with Gasteiger partial charge < -0.3 is 9.64 Å². The van der Waals surface area contributed by atoms with Crippen LogP contribution in [0.15, 0.2) is 24.3 Å². The van der Waals surface area contributed by atoms with E-state index in [2.05, 4.69) is 0 Å². The van der Waals surface area contributed by atoms with Crippen molar-refractivity contribution >= 4 is 5.91 Å². The van der Waals surface area contributed by atoms with Gasteiger partial charge in [-0.1, -0.05) is 12.1 Å². The summed E-state index contributed by atoms with van der Waals surface area (Å²) in [5.41, 5.74) is 0.143. The van der Waals surface area contributed by atoms with E-state index in [1.54, 1.807) is 17.0 Å². The lowest BCUT2D eigenvalue weighted by Crippen LogP contribution is -2.33. The standard InChI is InChI=1S/C12H14FNO2/c13-11-5-2-1-4-10(11)12(15)14-6-3-8-16-9-7-14/h1-2,4-5H,3,6-9H2. The summed E-state index contributed by atoms with van der Waals surface area (Å²) >= 11 is 0. The number of hydrogen-bond donors (Lipinski definition) is 0. The molecule has 16 heavy (non-hydrogen) atoms. The average Bonchev–Trinajstić information content (AvgIpc) is 2.57. The zero-order valence-electron chi connectivity index (χ0n) is 8.99. The minimum Gasteiger partial charge on any atom is -0.380 e. The van der Waals surface area contributed by atoms with E-state index in [1.807, 2.05) is 0 Å². The van der Waals surface area contributed by atoms with Crippen LogP contribution in [0.5, 0.6) is 0 Å². The second kappa shape index (κ2) is 5.07. The van der Waals surface area contributed by atoms with Gasteiger partial charge in [-0.2, -0.15) is 0 Å². The molecule has 1 amide bonds. The third-order valence-corrected chi connectivity index (χ3v) is 2.61. The smallest absolute Gasteiger partial charge is 0.256 e. The van der Waals surface area contributed by atoms with Gasteiger partial charge in [0.05, 0.1) is 12.2 Å². The monoisotopic (exact) mass is 223 g/mol. The molecule has 4 heteroatoms. The van der Waals surface area contributed by atoms with Gasteiger partial charge in [0.1, 0.15) is 5.82 Å². The van der Waals surface area contributed by atoms with Gasteiger partial charge in [-0.25, -0.2) is 4.39 Å². The number of carbonyl (C=O) groups is 1. The maximum Gasteiger partial charge on any atom is 0.256 e. The molecule has 1 aliphatic rings. The zero-order valence-corrected chi connectivity index (χ0v) is 8.99. The van der Waals surface area contributed by atoms with E-state index < -0.39 is 5.82 Å². The molecule has 1 saturated heterocycles. The van der Waals surface area contributed by atoms with Crippen molar-refractivity contribution in [3.05, 3.63) is 35.6 Å². The van der Waals surface area contributed by atoms with Crippen molar-refractivity contribution in [2.75, 3.05) is 26.3 Å². The molecule has 3 nitrogen and oxygen atoms in total. The molecule has 0 saturated carbocycles. The lowest BCUT2D eigenvalue weighted by atomic mass is 10.2. The lowest BCUT2D eigenvalue weighted by Gasteiger charge is -2.19. The van der Waals surface area contributed by atoms with Crippen LogP contribution in [0.3, 0.4) is 0 Å². The van der Waals surface area contributed by atoms with Crippen LogP contribution in [0.2, 0.25) is 0 Å². The molecule has 1 aliphatic heterocycles. The molecule has 0 spiro atoms. The fourth-order valence-corrected chi connectivity index (χ4v) is 1.75. The van der Waals surface area contributed by atoms with Crippen LogP contribution in [-0.2, 0) is 4.74 Å². The number of carbonyl (C=O) groups excluding carboxylic acids is 1. The van der Waals surface area contributed by atoms with E-state index in [0.717, 1.165) is 6.42 Å². The van der Waals surface area contributed by atoms with Crippen molar-refractivity contribution in [3.8, 4) is 0 Å². The van der Waals surface area contributed by atoms with Crippen molar-refractivity contribution in [2.45, 2.75) is 6.42 Å². The largest absolute Gasteiger partial charge is 0.380 e. The molecule has 0 unspecified atom stereocenters. The minimum atomic E-state index is -0.460. The number of nitrogens with zero attached hydrogens (tertiary/aromatic N) is 1. The molecule has 0 atom stereocenters. The van der Waals surface area contributed by atoms with Crippen LogP contribution in [0.4, 0.5) is 4.39 Å². The molecule has 0 radical (unpaired) electrons. The van der Waals surface area contributed by atoms with Crippen LogP contribution in [-0.4, -0.2) is 37.1 Å². The number of benzene rings is 1. The summed E-state index contributed by atoms with van der Waals surface area (Å²) in [5, 5.41) is 0. The molecule has 0 aromatic heterocycles. The second-order valence-electron chi connectivity index (χ2n) is 3.74. The maximum atomic E-state index is 13.4. The molecule has 86 valence electrons. The van der Waals surface area contributed by atoms with Crippen LogP contribution >= 0.6 is 0 Å². The summed E-state index contributed by atoms with van der Waals surface area (Å²) in [6, 6.07) is 6.08. The molecular formula is C12H14FNO2. The van der Waals surface area contributed by atoms with E-state index >= 15 is 0 Å². The summed E-state index contributed by atoms with van der Waals surface area (Å²) in [6.45, 7) is 2.36. The first-order chi connectivity index (χ1) is 7.79. The van der Waals surface area contributed by atoms with Gasteiger partial charge in [-0.05, 0) is 18.6 Å². The Kier molecular flexibility index (Phi) is 3.51. The predicted molar refractivity (Wildman–Crippen MR) is 57.7 cm³/mol. The molecule has 1 fully saturated rings. The van der Waals surface area contributed by atoms with Gasteiger partial charge in [0, 0.05) is 19.7 Å². The van der Waals surface area contributed by atoms with Crippen LogP contribution in [0.25, 0.3) is 0 Å². The third-order valence-electron chi connectivity index (χ3n) is 2.61. The highest BCUT2D eigenvalue weighted by molar-refractivity contribution is 5.94. The second-order valence-corrected chi connectivity index (χ2v) is 3.74. The molecule has 1 aromatic rings. The molecule has 1 heterocycles. The summed E-state index contributed by atoms with van der Waals surface area (Å²) in [6.07, 6.45) is 0.806. The number of hydrogen-bond acceptors (Lipinski definition) is 2. The molecule has 0 N–H and O–H groups in total. The molecule has 1 aromatic carbocycles. The van der Waals surface area contributed by atoms with Gasteiger partial charge >= 0.3 is 0 Å². The van der Waals surface area contributed by atoms with Crippen molar-refractivity contribution in [1.82, 2.24) is 4.90 Å². The van der Waals surface area contributed by atoms with E-state index in [0.29, 0.717) is 26.3 Å². The van der Waals surface area contributed by atoms with Crippen molar-refractivity contribution < 1.29 is 13.9 Å². The Morgan fingerprint density at radius 1 is 1.25 bits per heavy atom. The van der Waals surface area contributed by atoms with E-state index in [9.17, 15) is 9.18 Å². The zero-order chi connectivity index (χ0) is 11.4. The molecule has 2 rings (SSSR count). The number of ether oxygens (including phenoxy) is 1. The summed E-state index contributed by atoms with van der Waals surface area (Å²) < 4.78 is 18.7. The highest BCUT2D eigenvalue weighted by atomic mass is 19.1. The van der Waals surface area contributed by atoms with Crippen molar-refractivity contribution in [3.63, 3.8) is 0 Å². The molecular weight excluding hydrogens is 209 g/mol. The van der Waals surface area contributed by atoms with Gasteiger partial charge in [-0.15, -0.1) is 0 Å². The normalized spacial score (nSPS) is 16.9. The Hall–Kier alpha value is -1.42. The van der Waals surface area contributed by atoms with Gasteiger partial charge in [0.2, 0.25) is 0 Å². The highest BCUT2D eigenvalue weighted by Crippen LogP contribution is 2.11. The first kappa shape index (κ1) is 11.1. The Balaban J connectivity index is 2.14. The highest BCUT2D eigenvalue weighted by Gasteiger charge is 2.19. The first-order valence-electron chi connectivity index (χ1n) is 5.40. The molecule has 0 bridgehead atoms. The van der Waals surface area contributed by atoms with E-state index in [-0.39, 0.29) is 11.5 Å². The molecule has 0 aliphatic carbocycles. The SMILES string of the molecule is O=C(c1ccccc1F)N1CCCOCC1. The van der Waals surface area contributed by atoms with Crippen molar-refractivity contribution in [1.29, 1.82) is 0 Å². The summed E-state index contributed by atoms with van der Waals surface area (Å²) in [7, 11) is 0. The Morgan fingerprint density at radius 2 is 2.06 bits per heavy atom. The Morgan fingerprint density at radius 3 is 2.88 bits per heavy atom. The first-order valence-corrected chi connectivity index (χ1v) is 5.40. The van der Waals surface area contributed by atoms with Crippen LogP contribution in [0.1, 0.15) is 16.8 Å². The summed E-state index contributed by atoms with van der Waals surface area (Å²) in [5.74, 6) is -0.707. The quantitative estimate of drug-likeness (QED) is 0.725. The Bertz CT molecular complexity index is 373. The summed E-state index contributed by atoms with van der Waals surface area (Å²) in [4.78, 5) is 13.6. The lowest BCUT2D eigenvalue weighted by molar-refractivity contribution is 0.0736. The van der Waals surface area contributed by atoms with Gasteiger partial charge in [0.25, 0.3) is 5.91 Å². The average molecular weight is 223 g/mol. The van der Waals surface area contributed by atoms with Crippen LogP contribution < -0.4 is 0 Å². The van der Waals surface area contributed by atoms with E-state index in [1.165, 1.54) is 12.1 Å². The third kappa shape index (κ3) is 2.39.